The average molecular weight is 245 g/mol. The van der Waals surface area contributed by atoms with Crippen molar-refractivity contribution in [3.63, 3.8) is 0 Å². The van der Waals surface area contributed by atoms with E-state index in [1.807, 2.05) is 0 Å². The summed E-state index contributed by atoms with van der Waals surface area (Å²) in [7, 11) is 0. The number of hydrogen-bond acceptors (Lipinski definition) is 1. The van der Waals surface area contributed by atoms with Gasteiger partial charge in [-0.2, -0.15) is 0 Å². The molecule has 0 radical (unpaired) electrons. The van der Waals surface area contributed by atoms with Gasteiger partial charge >= 0.3 is 0 Å². The molecule has 0 amide bonds. The second kappa shape index (κ2) is 4.10. The molecule has 0 heterocycles. The lowest BCUT2D eigenvalue weighted by atomic mass is 9.63. The Kier molecular flexibility index (Phi) is 2.62. The van der Waals surface area contributed by atoms with E-state index in [-0.39, 0.29) is 0 Å². The number of fused-ring (bicyclic) bond motifs is 9. The maximum atomic E-state index is 5.75. The fourth-order valence-electron chi connectivity index (χ4n) is 6.68. The summed E-state index contributed by atoms with van der Waals surface area (Å²) in [5.41, 5.74) is 5.75. The molecule has 4 rings (SSSR count). The van der Waals surface area contributed by atoms with Crippen LogP contribution in [0.15, 0.2) is 12.2 Å². The minimum atomic E-state index is 0.893. The first-order valence-electron chi connectivity index (χ1n) is 8.23. The first-order chi connectivity index (χ1) is 8.85. The standard InChI is InChI=1S/C17H27N/c1-2-12-13(4-3-7-18)15-9-14(12)16-10-5-6-11(8-10)17(15)16/h5-6,10-17H,2-4,7-9,18H2,1H3. The highest BCUT2D eigenvalue weighted by atomic mass is 14.7. The highest BCUT2D eigenvalue weighted by Crippen LogP contribution is 2.69. The highest BCUT2D eigenvalue weighted by molar-refractivity contribution is 5.21. The van der Waals surface area contributed by atoms with Gasteiger partial charge in [-0.3, -0.25) is 0 Å². The summed E-state index contributed by atoms with van der Waals surface area (Å²) in [6.45, 7) is 3.32. The smallest absolute Gasteiger partial charge is 0.00772 e. The second-order valence-corrected chi connectivity index (χ2v) is 7.33. The highest BCUT2D eigenvalue weighted by Gasteiger charge is 2.63. The largest absolute Gasteiger partial charge is 0.330 e. The van der Waals surface area contributed by atoms with E-state index in [9.17, 15) is 0 Å². The third-order valence-corrected chi connectivity index (χ3v) is 6.98. The van der Waals surface area contributed by atoms with E-state index in [1.54, 1.807) is 6.42 Å². The summed E-state index contributed by atoms with van der Waals surface area (Å²) in [6, 6.07) is 0. The summed E-state index contributed by atoms with van der Waals surface area (Å²) < 4.78 is 0. The summed E-state index contributed by atoms with van der Waals surface area (Å²) in [4.78, 5) is 0. The van der Waals surface area contributed by atoms with Crippen LogP contribution in [0.2, 0.25) is 0 Å². The van der Waals surface area contributed by atoms with Gasteiger partial charge in [0.1, 0.15) is 0 Å². The quantitative estimate of drug-likeness (QED) is 0.596. The zero-order chi connectivity index (χ0) is 12.3. The van der Waals surface area contributed by atoms with Gasteiger partial charge in [0.05, 0.1) is 0 Å². The minimum absolute atomic E-state index is 0.893. The van der Waals surface area contributed by atoms with Crippen LogP contribution in [0.25, 0.3) is 0 Å². The lowest BCUT2D eigenvalue weighted by molar-refractivity contribution is 0.0792. The van der Waals surface area contributed by atoms with Crippen molar-refractivity contribution in [1.29, 1.82) is 0 Å². The molecule has 0 spiro atoms. The molecule has 4 aliphatic rings. The van der Waals surface area contributed by atoms with Crippen LogP contribution < -0.4 is 5.73 Å². The first kappa shape index (κ1) is 11.5. The monoisotopic (exact) mass is 245 g/mol. The summed E-state index contributed by atoms with van der Waals surface area (Å²) in [5.74, 6) is 8.31. The Hall–Kier alpha value is -0.300. The molecule has 1 heteroatoms. The average Bonchev–Trinajstić information content (AvgIpc) is 3.11. The predicted molar refractivity (Wildman–Crippen MR) is 74.9 cm³/mol. The number of allylic oxidation sites excluding steroid dienone is 2. The van der Waals surface area contributed by atoms with Crippen LogP contribution in [-0.2, 0) is 0 Å². The molecular formula is C17H27N. The number of nitrogens with two attached hydrogens (primary N) is 1. The van der Waals surface area contributed by atoms with Crippen molar-refractivity contribution in [3.05, 3.63) is 12.2 Å². The Morgan fingerprint density at radius 2 is 1.67 bits per heavy atom. The van der Waals surface area contributed by atoms with Crippen LogP contribution in [0.5, 0.6) is 0 Å². The SMILES string of the molecule is CCC1C(CCCN)C2CC1C1C3C=CC(C3)C21. The van der Waals surface area contributed by atoms with Gasteiger partial charge in [-0.05, 0) is 79.6 Å². The molecule has 8 atom stereocenters. The van der Waals surface area contributed by atoms with Crippen LogP contribution in [0.1, 0.15) is 39.0 Å². The van der Waals surface area contributed by atoms with E-state index in [0.29, 0.717) is 0 Å². The van der Waals surface area contributed by atoms with Crippen molar-refractivity contribution in [1.82, 2.24) is 0 Å². The topological polar surface area (TPSA) is 26.0 Å². The molecule has 4 aliphatic carbocycles. The molecule has 3 fully saturated rings. The Labute approximate surface area is 111 Å². The molecule has 0 saturated heterocycles. The van der Waals surface area contributed by atoms with Crippen LogP contribution in [0, 0.1) is 47.3 Å². The van der Waals surface area contributed by atoms with E-state index in [0.717, 1.165) is 53.9 Å². The lowest BCUT2D eigenvalue weighted by Gasteiger charge is -2.42. The zero-order valence-corrected chi connectivity index (χ0v) is 11.6. The Balaban J connectivity index is 1.60. The number of rotatable bonds is 4. The van der Waals surface area contributed by atoms with E-state index < -0.39 is 0 Å². The molecule has 1 nitrogen and oxygen atoms in total. The maximum Gasteiger partial charge on any atom is -0.00772 e. The Bertz CT molecular complexity index is 361. The van der Waals surface area contributed by atoms with Gasteiger partial charge in [0.25, 0.3) is 0 Å². The van der Waals surface area contributed by atoms with Crippen LogP contribution in [0.3, 0.4) is 0 Å². The lowest BCUT2D eigenvalue weighted by Crippen LogP contribution is -2.37. The van der Waals surface area contributed by atoms with Crippen molar-refractivity contribution >= 4 is 0 Å². The molecule has 0 aliphatic heterocycles. The van der Waals surface area contributed by atoms with Crippen LogP contribution >= 0.6 is 0 Å². The number of hydrogen-bond donors (Lipinski definition) is 1. The summed E-state index contributed by atoms with van der Waals surface area (Å²) in [5, 5.41) is 0. The fourth-order valence-corrected chi connectivity index (χ4v) is 6.68. The van der Waals surface area contributed by atoms with Crippen molar-refractivity contribution in [2.24, 2.45) is 53.1 Å². The first-order valence-corrected chi connectivity index (χ1v) is 8.23. The van der Waals surface area contributed by atoms with Crippen LogP contribution in [0.4, 0.5) is 0 Å². The molecule has 3 saturated carbocycles. The van der Waals surface area contributed by atoms with E-state index in [4.69, 9.17) is 5.73 Å². The van der Waals surface area contributed by atoms with Gasteiger partial charge in [0.2, 0.25) is 0 Å². The second-order valence-electron chi connectivity index (χ2n) is 7.33. The molecule has 2 N–H and O–H groups in total. The molecule has 18 heavy (non-hydrogen) atoms. The molecule has 0 aromatic carbocycles. The summed E-state index contributed by atoms with van der Waals surface area (Å²) in [6.07, 6.45) is 12.3. The van der Waals surface area contributed by atoms with Gasteiger partial charge in [-0.15, -0.1) is 0 Å². The molecule has 0 aromatic heterocycles. The van der Waals surface area contributed by atoms with Crippen molar-refractivity contribution in [2.75, 3.05) is 6.54 Å². The zero-order valence-electron chi connectivity index (χ0n) is 11.6. The van der Waals surface area contributed by atoms with Gasteiger partial charge < -0.3 is 5.73 Å². The summed E-state index contributed by atoms with van der Waals surface area (Å²) >= 11 is 0. The van der Waals surface area contributed by atoms with Gasteiger partial charge in [-0.25, -0.2) is 0 Å². The van der Waals surface area contributed by atoms with Gasteiger partial charge in [-0.1, -0.05) is 25.5 Å². The third kappa shape index (κ3) is 1.32. The molecule has 100 valence electrons. The van der Waals surface area contributed by atoms with Gasteiger partial charge in [0, 0.05) is 0 Å². The maximum absolute atomic E-state index is 5.75. The Morgan fingerprint density at radius 1 is 1.00 bits per heavy atom. The Morgan fingerprint density at radius 3 is 2.28 bits per heavy atom. The minimum Gasteiger partial charge on any atom is -0.330 e. The fraction of sp³-hybridized carbons (Fsp3) is 0.882. The van der Waals surface area contributed by atoms with E-state index >= 15 is 0 Å². The van der Waals surface area contributed by atoms with Crippen molar-refractivity contribution in [2.45, 2.75) is 39.0 Å². The van der Waals surface area contributed by atoms with Crippen molar-refractivity contribution in [3.8, 4) is 0 Å². The molecular weight excluding hydrogens is 218 g/mol. The molecule has 8 unspecified atom stereocenters. The van der Waals surface area contributed by atoms with Crippen LogP contribution in [-0.4, -0.2) is 6.54 Å². The van der Waals surface area contributed by atoms with E-state index in [2.05, 4.69) is 19.1 Å². The third-order valence-electron chi connectivity index (χ3n) is 6.98. The molecule has 0 aromatic rings. The van der Waals surface area contributed by atoms with Gasteiger partial charge in [0.15, 0.2) is 0 Å². The normalized spacial score (nSPS) is 55.4. The predicted octanol–water partition coefficient (Wildman–Crippen LogP) is 3.46. The van der Waals surface area contributed by atoms with E-state index in [1.165, 1.54) is 25.7 Å². The molecule has 4 bridgehead atoms. The van der Waals surface area contributed by atoms with Crippen molar-refractivity contribution < 1.29 is 0 Å².